The number of anilines is 1. The van der Waals surface area contributed by atoms with E-state index in [0.29, 0.717) is 5.69 Å². The highest BCUT2D eigenvalue weighted by Crippen LogP contribution is 2.28. The van der Waals surface area contributed by atoms with E-state index in [4.69, 9.17) is 9.84 Å². The molecule has 1 aromatic carbocycles. The summed E-state index contributed by atoms with van der Waals surface area (Å²) in [6, 6.07) is 2.73. The Morgan fingerprint density at radius 3 is 2.86 bits per heavy atom. The number of nitro benzene ring substituents is 1. The fourth-order valence-electron chi connectivity index (χ4n) is 1.80. The molecule has 0 aliphatic heterocycles. The number of fused-ring (bicyclic) bond motifs is 1. The summed E-state index contributed by atoms with van der Waals surface area (Å²) in [4.78, 5) is 20.9. The zero-order chi connectivity index (χ0) is 15.4. The number of carboxylic acids is 1. The predicted molar refractivity (Wildman–Crippen MR) is 70.0 cm³/mol. The van der Waals surface area contributed by atoms with Crippen LogP contribution in [0.5, 0.6) is 0 Å². The Kier molecular flexibility index (Phi) is 4.28. The molecule has 0 fully saturated rings. The molecular formula is C11H12N4O6. The van der Waals surface area contributed by atoms with Gasteiger partial charge in [0.15, 0.2) is 5.52 Å². The van der Waals surface area contributed by atoms with E-state index in [1.807, 2.05) is 0 Å². The Bertz CT molecular complexity index is 670. The van der Waals surface area contributed by atoms with Gasteiger partial charge in [-0.2, -0.15) is 0 Å². The summed E-state index contributed by atoms with van der Waals surface area (Å²) >= 11 is 0. The lowest BCUT2D eigenvalue weighted by Gasteiger charge is -2.14. The van der Waals surface area contributed by atoms with Crippen molar-refractivity contribution < 1.29 is 24.2 Å². The molecule has 0 bridgehead atoms. The number of carboxylic acid groups (broad SMARTS) is 1. The number of aliphatic carboxylic acids is 1. The van der Waals surface area contributed by atoms with Gasteiger partial charge in [-0.15, -0.1) is 0 Å². The SMILES string of the molecule is COC(CNc1ccc([N+](=O)[O-])c2nonc12)CC(=O)O. The molecule has 0 saturated carbocycles. The number of non-ortho nitro benzene ring substituents is 1. The number of aromatic nitrogens is 2. The third-order valence-corrected chi connectivity index (χ3v) is 2.85. The van der Waals surface area contributed by atoms with Crippen molar-refractivity contribution in [3.63, 3.8) is 0 Å². The molecule has 1 unspecified atom stereocenters. The lowest BCUT2D eigenvalue weighted by atomic mass is 10.2. The minimum Gasteiger partial charge on any atom is -0.481 e. The molecule has 2 N–H and O–H groups in total. The molecule has 1 aromatic heterocycles. The van der Waals surface area contributed by atoms with Gasteiger partial charge in [-0.05, 0) is 16.4 Å². The second-order valence-corrected chi connectivity index (χ2v) is 4.19. The van der Waals surface area contributed by atoms with Crippen LogP contribution in [-0.4, -0.2) is 46.1 Å². The van der Waals surface area contributed by atoms with Crippen molar-refractivity contribution in [3.05, 3.63) is 22.2 Å². The lowest BCUT2D eigenvalue weighted by molar-refractivity contribution is -0.383. The van der Waals surface area contributed by atoms with Gasteiger partial charge in [0.25, 0.3) is 0 Å². The van der Waals surface area contributed by atoms with Gasteiger partial charge in [-0.3, -0.25) is 14.9 Å². The average molecular weight is 296 g/mol. The van der Waals surface area contributed by atoms with Crippen LogP contribution in [0.25, 0.3) is 11.0 Å². The Balaban J connectivity index is 2.20. The number of rotatable bonds is 7. The van der Waals surface area contributed by atoms with E-state index in [1.54, 1.807) is 0 Å². The molecule has 0 aliphatic carbocycles. The number of nitro groups is 1. The molecular weight excluding hydrogens is 284 g/mol. The summed E-state index contributed by atoms with van der Waals surface area (Å²) in [6.07, 6.45) is -0.718. The molecule has 0 radical (unpaired) electrons. The molecule has 112 valence electrons. The van der Waals surface area contributed by atoms with Gasteiger partial charge < -0.3 is 15.2 Å². The molecule has 0 amide bonds. The van der Waals surface area contributed by atoms with Crippen molar-refractivity contribution in [2.24, 2.45) is 0 Å². The normalized spacial score (nSPS) is 12.2. The lowest BCUT2D eigenvalue weighted by Crippen LogP contribution is -2.25. The monoisotopic (exact) mass is 296 g/mol. The van der Waals surface area contributed by atoms with Gasteiger partial charge in [0.2, 0.25) is 5.52 Å². The van der Waals surface area contributed by atoms with E-state index in [0.717, 1.165) is 0 Å². The van der Waals surface area contributed by atoms with Crippen molar-refractivity contribution in [1.29, 1.82) is 0 Å². The molecule has 21 heavy (non-hydrogen) atoms. The molecule has 1 atom stereocenters. The fraction of sp³-hybridized carbons (Fsp3) is 0.364. The molecule has 2 rings (SSSR count). The molecule has 2 aromatic rings. The van der Waals surface area contributed by atoms with Crippen molar-refractivity contribution in [2.75, 3.05) is 19.0 Å². The number of hydrogen-bond acceptors (Lipinski definition) is 8. The topological polar surface area (TPSA) is 141 Å². The van der Waals surface area contributed by atoms with Gasteiger partial charge in [-0.25, -0.2) is 4.63 Å². The minimum absolute atomic E-state index is 0.0252. The van der Waals surface area contributed by atoms with Crippen LogP contribution in [0.15, 0.2) is 16.8 Å². The maximum atomic E-state index is 10.8. The molecule has 0 saturated heterocycles. The first-order valence-electron chi connectivity index (χ1n) is 5.91. The molecule has 1 heterocycles. The summed E-state index contributed by atoms with van der Waals surface area (Å²) in [5.74, 6) is -0.986. The second kappa shape index (κ2) is 6.13. The van der Waals surface area contributed by atoms with E-state index in [-0.39, 0.29) is 29.7 Å². The number of hydrogen-bond donors (Lipinski definition) is 2. The highest BCUT2D eigenvalue weighted by atomic mass is 16.6. The fourth-order valence-corrected chi connectivity index (χ4v) is 1.80. The van der Waals surface area contributed by atoms with Gasteiger partial charge in [0, 0.05) is 19.7 Å². The number of ether oxygens (including phenoxy) is 1. The van der Waals surface area contributed by atoms with Crippen molar-refractivity contribution >= 4 is 28.4 Å². The standard InChI is InChI=1S/C11H12N4O6/c1-20-6(4-9(16)17)5-12-7-2-3-8(15(18)19)11-10(7)13-21-14-11/h2-3,6,12H,4-5H2,1H3,(H,16,17). The van der Waals surface area contributed by atoms with Crippen LogP contribution in [0.3, 0.4) is 0 Å². The maximum Gasteiger partial charge on any atom is 0.306 e. The van der Waals surface area contributed by atoms with Crippen LogP contribution in [0, 0.1) is 10.1 Å². The summed E-state index contributed by atoms with van der Waals surface area (Å²) in [6.45, 7) is 0.197. The number of methoxy groups -OCH3 is 1. The largest absolute Gasteiger partial charge is 0.481 e. The van der Waals surface area contributed by atoms with Crippen LogP contribution in [0.1, 0.15) is 6.42 Å². The number of nitrogens with zero attached hydrogens (tertiary/aromatic N) is 3. The second-order valence-electron chi connectivity index (χ2n) is 4.19. The third-order valence-electron chi connectivity index (χ3n) is 2.85. The van der Waals surface area contributed by atoms with E-state index in [9.17, 15) is 14.9 Å². The first-order valence-corrected chi connectivity index (χ1v) is 5.91. The van der Waals surface area contributed by atoms with E-state index >= 15 is 0 Å². The molecule has 0 aliphatic rings. The maximum absolute atomic E-state index is 10.8. The number of carbonyl (C=O) groups is 1. The molecule has 0 spiro atoms. The van der Waals surface area contributed by atoms with Crippen LogP contribution < -0.4 is 5.32 Å². The average Bonchev–Trinajstić information content (AvgIpc) is 2.91. The van der Waals surface area contributed by atoms with Gasteiger partial charge in [0.05, 0.1) is 23.1 Å². The zero-order valence-electron chi connectivity index (χ0n) is 11.0. The predicted octanol–water partition coefficient (Wildman–Crippen LogP) is 1.03. The van der Waals surface area contributed by atoms with Crippen molar-refractivity contribution in [2.45, 2.75) is 12.5 Å². The van der Waals surface area contributed by atoms with Gasteiger partial charge in [0.1, 0.15) is 0 Å². The first-order chi connectivity index (χ1) is 10.0. The Morgan fingerprint density at radius 2 is 2.24 bits per heavy atom. The van der Waals surface area contributed by atoms with Gasteiger partial charge >= 0.3 is 11.7 Å². The van der Waals surface area contributed by atoms with E-state index < -0.39 is 17.0 Å². The van der Waals surface area contributed by atoms with E-state index in [1.165, 1.54) is 19.2 Å². The van der Waals surface area contributed by atoms with Gasteiger partial charge in [-0.1, -0.05) is 0 Å². The number of nitrogens with one attached hydrogen (secondary N) is 1. The number of benzene rings is 1. The van der Waals surface area contributed by atoms with Crippen LogP contribution >= 0.6 is 0 Å². The van der Waals surface area contributed by atoms with Crippen LogP contribution in [0.4, 0.5) is 11.4 Å². The highest BCUT2D eigenvalue weighted by Gasteiger charge is 2.20. The van der Waals surface area contributed by atoms with E-state index in [2.05, 4.69) is 20.3 Å². The minimum atomic E-state index is -0.986. The molecule has 10 nitrogen and oxygen atoms in total. The third kappa shape index (κ3) is 3.23. The van der Waals surface area contributed by atoms with Crippen molar-refractivity contribution in [3.8, 4) is 0 Å². The Morgan fingerprint density at radius 1 is 1.52 bits per heavy atom. The first kappa shape index (κ1) is 14.7. The van der Waals surface area contributed by atoms with Crippen molar-refractivity contribution in [1.82, 2.24) is 10.3 Å². The smallest absolute Gasteiger partial charge is 0.306 e. The Labute approximate surface area is 117 Å². The summed E-state index contributed by atoms with van der Waals surface area (Å²) < 4.78 is 9.55. The van der Waals surface area contributed by atoms with Crippen LogP contribution in [-0.2, 0) is 9.53 Å². The summed E-state index contributed by atoms with van der Waals surface area (Å²) in [7, 11) is 1.40. The Hall–Kier alpha value is -2.75. The zero-order valence-corrected chi connectivity index (χ0v) is 11.0. The quantitative estimate of drug-likeness (QED) is 0.566. The molecule has 10 heteroatoms. The van der Waals surface area contributed by atoms with Crippen LogP contribution in [0.2, 0.25) is 0 Å². The highest BCUT2D eigenvalue weighted by molar-refractivity contribution is 5.93. The summed E-state index contributed by atoms with van der Waals surface area (Å²) in [5, 5.41) is 29.6. The summed E-state index contributed by atoms with van der Waals surface area (Å²) in [5.41, 5.74) is 0.460.